The summed E-state index contributed by atoms with van der Waals surface area (Å²) in [5.41, 5.74) is 2.60. The average molecular weight is 327 g/mol. The van der Waals surface area contributed by atoms with E-state index in [4.69, 9.17) is 0 Å². The van der Waals surface area contributed by atoms with Gasteiger partial charge in [-0.05, 0) is 36.9 Å². The van der Waals surface area contributed by atoms with Crippen LogP contribution < -0.4 is 0 Å². The molecule has 19 heavy (non-hydrogen) atoms. The van der Waals surface area contributed by atoms with Crippen molar-refractivity contribution >= 4 is 15.9 Å². The van der Waals surface area contributed by atoms with E-state index in [-0.39, 0.29) is 0 Å². The average Bonchev–Trinajstić information content (AvgIpc) is 2.32. The highest BCUT2D eigenvalue weighted by molar-refractivity contribution is 9.09. The van der Waals surface area contributed by atoms with Crippen LogP contribution in [0.5, 0.6) is 0 Å². The van der Waals surface area contributed by atoms with Gasteiger partial charge in [-0.1, -0.05) is 49.7 Å². The molecule has 0 spiro atoms. The van der Waals surface area contributed by atoms with E-state index in [1.54, 1.807) is 0 Å². The zero-order valence-corrected chi connectivity index (χ0v) is 14.5. The maximum atomic E-state index is 4.60. The number of aromatic nitrogens is 1. The van der Waals surface area contributed by atoms with Crippen LogP contribution in [0.3, 0.4) is 0 Å². The zero-order chi connectivity index (χ0) is 14.5. The summed E-state index contributed by atoms with van der Waals surface area (Å²) < 4.78 is 0. The van der Waals surface area contributed by atoms with Crippen LogP contribution in [0.2, 0.25) is 0 Å². The van der Waals surface area contributed by atoms with Crippen molar-refractivity contribution in [1.82, 2.24) is 9.88 Å². The third-order valence-electron chi connectivity index (χ3n) is 3.67. The van der Waals surface area contributed by atoms with E-state index < -0.39 is 0 Å². The van der Waals surface area contributed by atoms with Gasteiger partial charge in [0.1, 0.15) is 0 Å². The number of rotatable bonds is 6. The molecular formula is C16H27BrN2. The molecule has 0 saturated heterocycles. The lowest BCUT2D eigenvalue weighted by Crippen LogP contribution is -2.36. The fraction of sp³-hybridized carbons (Fsp3) is 0.688. The molecule has 0 aliphatic rings. The van der Waals surface area contributed by atoms with Gasteiger partial charge in [0.15, 0.2) is 0 Å². The van der Waals surface area contributed by atoms with E-state index in [2.05, 4.69) is 78.6 Å². The summed E-state index contributed by atoms with van der Waals surface area (Å²) in [7, 11) is 0. The Bertz CT molecular complexity index is 385. The smallest absolute Gasteiger partial charge is 0.0547 e. The van der Waals surface area contributed by atoms with Gasteiger partial charge in [-0.25, -0.2) is 0 Å². The van der Waals surface area contributed by atoms with Gasteiger partial charge in [-0.3, -0.25) is 9.88 Å². The van der Waals surface area contributed by atoms with E-state index in [9.17, 15) is 0 Å². The summed E-state index contributed by atoms with van der Waals surface area (Å²) in [6.07, 6.45) is 0. The topological polar surface area (TPSA) is 16.1 Å². The Labute approximate surface area is 126 Å². The van der Waals surface area contributed by atoms with Gasteiger partial charge in [0, 0.05) is 24.1 Å². The Balaban J connectivity index is 2.68. The minimum atomic E-state index is 0.330. The second kappa shape index (κ2) is 7.39. The first-order valence-electron chi connectivity index (χ1n) is 7.07. The molecular weight excluding hydrogens is 300 g/mol. The van der Waals surface area contributed by atoms with Crippen molar-refractivity contribution in [2.24, 2.45) is 11.3 Å². The quantitative estimate of drug-likeness (QED) is 0.726. The third-order valence-corrected chi connectivity index (χ3v) is 4.45. The number of nitrogens with zero attached hydrogens (tertiary/aromatic N) is 2. The molecule has 0 N–H and O–H groups in total. The molecule has 0 aromatic carbocycles. The van der Waals surface area contributed by atoms with Gasteiger partial charge < -0.3 is 0 Å². The van der Waals surface area contributed by atoms with Crippen molar-refractivity contribution < 1.29 is 0 Å². The van der Waals surface area contributed by atoms with E-state index in [1.807, 2.05) is 0 Å². The Morgan fingerprint density at radius 3 is 2.47 bits per heavy atom. The molecule has 0 aliphatic heterocycles. The van der Waals surface area contributed by atoms with Crippen LogP contribution in [0.1, 0.15) is 39.1 Å². The SMILES string of the molecule is CCN(Cc1cccc(C)n1)CC(CBr)C(C)(C)C. The summed E-state index contributed by atoms with van der Waals surface area (Å²) in [4.78, 5) is 7.09. The summed E-state index contributed by atoms with van der Waals surface area (Å²) >= 11 is 3.66. The van der Waals surface area contributed by atoms with Crippen LogP contribution in [0, 0.1) is 18.3 Å². The fourth-order valence-electron chi connectivity index (χ4n) is 2.09. The molecule has 0 aliphatic carbocycles. The lowest BCUT2D eigenvalue weighted by molar-refractivity contribution is 0.164. The van der Waals surface area contributed by atoms with E-state index >= 15 is 0 Å². The highest BCUT2D eigenvalue weighted by Crippen LogP contribution is 2.28. The molecule has 108 valence electrons. The molecule has 1 atom stereocenters. The number of halogens is 1. The normalized spacial score (nSPS) is 13.8. The number of aryl methyl sites for hydroxylation is 1. The summed E-state index contributed by atoms with van der Waals surface area (Å²) in [5.74, 6) is 0.650. The highest BCUT2D eigenvalue weighted by atomic mass is 79.9. The summed E-state index contributed by atoms with van der Waals surface area (Å²) in [6, 6.07) is 6.27. The minimum Gasteiger partial charge on any atom is -0.297 e. The lowest BCUT2D eigenvalue weighted by atomic mass is 9.82. The molecule has 0 saturated carbocycles. The third kappa shape index (κ3) is 5.62. The Morgan fingerprint density at radius 2 is 2.00 bits per heavy atom. The van der Waals surface area contributed by atoms with Crippen LogP contribution in [0.25, 0.3) is 0 Å². The monoisotopic (exact) mass is 326 g/mol. The Hall–Kier alpha value is -0.410. The van der Waals surface area contributed by atoms with E-state index in [0.29, 0.717) is 11.3 Å². The molecule has 3 heteroatoms. The molecule has 1 aromatic heterocycles. The van der Waals surface area contributed by atoms with Gasteiger partial charge in [-0.2, -0.15) is 0 Å². The van der Waals surface area contributed by atoms with Crippen molar-refractivity contribution in [1.29, 1.82) is 0 Å². The van der Waals surface area contributed by atoms with Gasteiger partial charge in [0.25, 0.3) is 0 Å². The van der Waals surface area contributed by atoms with Crippen molar-refractivity contribution in [3.8, 4) is 0 Å². The largest absolute Gasteiger partial charge is 0.297 e. The van der Waals surface area contributed by atoms with Crippen LogP contribution in [-0.4, -0.2) is 28.3 Å². The second-order valence-corrected chi connectivity index (χ2v) is 6.96. The molecule has 1 rings (SSSR count). The molecule has 0 amide bonds. The van der Waals surface area contributed by atoms with Crippen molar-refractivity contribution in [2.75, 3.05) is 18.4 Å². The zero-order valence-electron chi connectivity index (χ0n) is 12.9. The fourth-order valence-corrected chi connectivity index (χ4v) is 3.26. The Kier molecular flexibility index (Phi) is 6.48. The van der Waals surface area contributed by atoms with Crippen LogP contribution in [0.15, 0.2) is 18.2 Å². The first kappa shape index (κ1) is 16.6. The van der Waals surface area contributed by atoms with Crippen molar-refractivity contribution in [3.05, 3.63) is 29.6 Å². The number of hydrogen-bond donors (Lipinski definition) is 0. The van der Waals surface area contributed by atoms with Gasteiger partial charge in [-0.15, -0.1) is 0 Å². The second-order valence-electron chi connectivity index (χ2n) is 6.32. The van der Waals surface area contributed by atoms with E-state index in [0.717, 1.165) is 30.7 Å². The van der Waals surface area contributed by atoms with E-state index in [1.165, 1.54) is 5.69 Å². The maximum absolute atomic E-state index is 4.60. The van der Waals surface area contributed by atoms with Gasteiger partial charge >= 0.3 is 0 Å². The first-order chi connectivity index (χ1) is 8.86. The first-order valence-corrected chi connectivity index (χ1v) is 8.19. The molecule has 1 aromatic rings. The van der Waals surface area contributed by atoms with Crippen molar-refractivity contribution in [2.45, 2.75) is 41.2 Å². The number of pyridine rings is 1. The van der Waals surface area contributed by atoms with Crippen LogP contribution >= 0.6 is 15.9 Å². The lowest BCUT2D eigenvalue weighted by Gasteiger charge is -2.34. The van der Waals surface area contributed by atoms with Crippen LogP contribution in [0.4, 0.5) is 0 Å². The molecule has 0 bridgehead atoms. The molecule has 0 fully saturated rings. The predicted molar refractivity (Wildman–Crippen MR) is 86.7 cm³/mol. The standard InChI is InChI=1S/C16H27BrN2/c1-6-19(11-14(10-17)16(3,4)5)12-15-9-7-8-13(2)18-15/h7-9,14H,6,10-12H2,1-5H3. The van der Waals surface area contributed by atoms with Gasteiger partial charge in [0.05, 0.1) is 5.69 Å². The minimum absolute atomic E-state index is 0.330. The van der Waals surface area contributed by atoms with Crippen LogP contribution in [-0.2, 0) is 6.54 Å². The molecule has 2 nitrogen and oxygen atoms in total. The number of hydrogen-bond acceptors (Lipinski definition) is 2. The van der Waals surface area contributed by atoms with Gasteiger partial charge in [0.2, 0.25) is 0 Å². The van der Waals surface area contributed by atoms with Crippen molar-refractivity contribution in [3.63, 3.8) is 0 Å². The highest BCUT2D eigenvalue weighted by Gasteiger charge is 2.25. The summed E-state index contributed by atoms with van der Waals surface area (Å²) in [6.45, 7) is 14.3. The molecule has 1 unspecified atom stereocenters. The molecule has 1 heterocycles. The summed E-state index contributed by atoms with van der Waals surface area (Å²) in [5, 5.41) is 1.05. The predicted octanol–water partition coefficient (Wildman–Crippen LogP) is 4.27. The number of alkyl halides is 1. The molecule has 0 radical (unpaired) electrons. The Morgan fingerprint density at radius 1 is 1.32 bits per heavy atom. The maximum Gasteiger partial charge on any atom is 0.0547 e.